The first-order valence-corrected chi connectivity index (χ1v) is 8.06. The van der Waals surface area contributed by atoms with E-state index in [9.17, 15) is 19.8 Å². The number of aliphatic hydroxyl groups excluding tert-OH is 4. The van der Waals surface area contributed by atoms with Crippen LogP contribution in [0.1, 0.15) is 55.4 Å². The summed E-state index contributed by atoms with van der Waals surface area (Å²) in [5.74, 6) is -0.750. The van der Waals surface area contributed by atoms with Crippen molar-refractivity contribution in [1.29, 1.82) is 0 Å². The largest absolute Gasteiger partial charge is 0.876 e. The maximum atomic E-state index is 9.98. The fourth-order valence-corrected chi connectivity index (χ4v) is 0.572. The molecule has 0 rings (SSSR count). The summed E-state index contributed by atoms with van der Waals surface area (Å²) in [6, 6.07) is 0. The molecule has 0 radical (unpaired) electrons. The molecule has 0 aromatic rings. The van der Waals surface area contributed by atoms with E-state index in [-0.39, 0.29) is 92.9 Å². The molecule has 0 fully saturated rings. The van der Waals surface area contributed by atoms with Gasteiger partial charge in [-0.3, -0.25) is 9.59 Å². The van der Waals surface area contributed by atoms with Gasteiger partial charge in [-0.15, -0.1) is 11.5 Å². The van der Waals surface area contributed by atoms with E-state index in [4.69, 9.17) is 20.4 Å². The summed E-state index contributed by atoms with van der Waals surface area (Å²) in [4.78, 5) is 20.0. The van der Waals surface area contributed by atoms with Gasteiger partial charge in [0, 0.05) is 69.9 Å². The van der Waals surface area contributed by atoms with Crippen LogP contribution < -0.4 is 10.2 Å². The second-order valence-electron chi connectivity index (χ2n) is 4.00. The summed E-state index contributed by atoms with van der Waals surface area (Å²) in [7, 11) is 0. The molecule has 0 heterocycles. The molecule has 28 heavy (non-hydrogen) atoms. The van der Waals surface area contributed by atoms with Crippen molar-refractivity contribution in [3.8, 4) is 0 Å². The van der Waals surface area contributed by atoms with Crippen LogP contribution in [0.15, 0.2) is 23.7 Å². The molecule has 0 saturated carbocycles. The molecule has 8 nitrogen and oxygen atoms in total. The smallest absolute Gasteiger partial charge is 0.151 e. The molecule has 0 aromatic heterocycles. The van der Waals surface area contributed by atoms with Crippen molar-refractivity contribution < 1.29 is 83.7 Å². The third-order valence-corrected chi connectivity index (χ3v) is 0.813. The number of aliphatic hydroxyl groups is 4. The number of hydrogen-bond donors (Lipinski definition) is 4. The Morgan fingerprint density at radius 2 is 0.714 bits per heavy atom. The number of rotatable bonds is 2. The molecule has 10 heteroatoms. The Labute approximate surface area is 200 Å². The fourth-order valence-electron chi connectivity index (χ4n) is 0.572. The number of carbonyl (C=O) groups is 2. The van der Waals surface area contributed by atoms with Crippen LogP contribution in [0.4, 0.5) is 0 Å². The monoisotopic (exact) mass is 478 g/mol. The SMILES string of the molecule is CC(=O)/C=C(/C)[O-].CC(=O)/C=C(/C)[O-].CCO.CCO.CCO.CCO.[Ti].[Ti]. The summed E-state index contributed by atoms with van der Waals surface area (Å²) in [5, 5.41) is 50.2. The van der Waals surface area contributed by atoms with Gasteiger partial charge in [-0.2, -0.15) is 0 Å². The zero-order valence-electron chi connectivity index (χ0n) is 18.4. The van der Waals surface area contributed by atoms with E-state index in [1.165, 1.54) is 27.7 Å². The van der Waals surface area contributed by atoms with Crippen LogP contribution in [0.3, 0.4) is 0 Å². The summed E-state index contributed by atoms with van der Waals surface area (Å²) in [6.07, 6.45) is 2.11. The van der Waals surface area contributed by atoms with Crippen LogP contribution in [0, 0.1) is 0 Å². The van der Waals surface area contributed by atoms with Crippen molar-refractivity contribution >= 4 is 11.6 Å². The Hall–Kier alpha value is -0.311. The first-order chi connectivity index (χ1) is 11.9. The predicted molar refractivity (Wildman–Crippen MR) is 99.9 cm³/mol. The maximum Gasteiger partial charge on any atom is 0.151 e. The van der Waals surface area contributed by atoms with Gasteiger partial charge in [0.05, 0.1) is 0 Å². The quantitative estimate of drug-likeness (QED) is 0.238. The summed E-state index contributed by atoms with van der Waals surface area (Å²) >= 11 is 0. The van der Waals surface area contributed by atoms with Crippen molar-refractivity contribution in [2.45, 2.75) is 55.4 Å². The molecule has 0 aliphatic carbocycles. The predicted octanol–water partition coefficient (Wildman–Crippen LogP) is -0.332. The first kappa shape index (κ1) is 50.9. The van der Waals surface area contributed by atoms with E-state index >= 15 is 0 Å². The van der Waals surface area contributed by atoms with Crippen LogP contribution in [-0.4, -0.2) is 58.4 Å². The van der Waals surface area contributed by atoms with Gasteiger partial charge >= 0.3 is 0 Å². The molecule has 0 saturated heterocycles. The normalized spacial score (nSPS) is 8.29. The van der Waals surface area contributed by atoms with E-state index in [1.807, 2.05) is 0 Å². The van der Waals surface area contributed by atoms with E-state index in [0.717, 1.165) is 12.2 Å². The topological polar surface area (TPSA) is 161 Å². The van der Waals surface area contributed by atoms with Crippen LogP contribution >= 0.6 is 0 Å². The fraction of sp³-hybridized carbons (Fsp3) is 0.667. The van der Waals surface area contributed by atoms with Crippen molar-refractivity contribution in [2.24, 2.45) is 0 Å². The van der Waals surface area contributed by atoms with E-state index < -0.39 is 0 Å². The minimum atomic E-state index is -0.187. The Balaban J connectivity index is -0.0000000297. The van der Waals surface area contributed by atoms with Gasteiger partial charge in [-0.1, -0.05) is 13.8 Å². The summed E-state index contributed by atoms with van der Waals surface area (Å²) in [5.41, 5.74) is 0. The molecular formula is C18H38O8Ti2-2. The Morgan fingerprint density at radius 1 is 0.607 bits per heavy atom. The zero-order chi connectivity index (χ0) is 22.6. The minimum Gasteiger partial charge on any atom is -0.876 e. The summed E-state index contributed by atoms with van der Waals surface area (Å²) < 4.78 is 0. The van der Waals surface area contributed by atoms with E-state index in [0.29, 0.717) is 0 Å². The van der Waals surface area contributed by atoms with E-state index in [2.05, 4.69) is 0 Å². The second-order valence-corrected chi connectivity index (χ2v) is 4.00. The second kappa shape index (κ2) is 56.3. The molecule has 0 spiro atoms. The third kappa shape index (κ3) is 265. The number of ketones is 2. The number of carbonyl (C=O) groups excluding carboxylic acids is 2. The van der Waals surface area contributed by atoms with Crippen molar-refractivity contribution in [3.05, 3.63) is 23.7 Å². The first-order valence-electron chi connectivity index (χ1n) is 8.06. The Bertz CT molecular complexity index is 290. The Kier molecular flexibility index (Phi) is 102. The molecule has 4 N–H and O–H groups in total. The molecule has 0 unspecified atom stereocenters. The molecule has 0 aliphatic heterocycles. The van der Waals surface area contributed by atoms with Gasteiger partial charge in [0.2, 0.25) is 0 Å². The van der Waals surface area contributed by atoms with Crippen LogP contribution in [0.2, 0.25) is 0 Å². The third-order valence-electron chi connectivity index (χ3n) is 0.813. The molecule has 0 bridgehead atoms. The maximum absolute atomic E-state index is 9.98. The van der Waals surface area contributed by atoms with Crippen LogP contribution in [0.25, 0.3) is 0 Å². The minimum absolute atomic E-state index is 0. The molecular weight excluding hydrogens is 440 g/mol. The van der Waals surface area contributed by atoms with Gasteiger partial charge < -0.3 is 30.6 Å². The van der Waals surface area contributed by atoms with Crippen molar-refractivity contribution in [2.75, 3.05) is 26.4 Å². The van der Waals surface area contributed by atoms with Gasteiger partial charge in [-0.05, 0) is 53.7 Å². The average molecular weight is 478 g/mol. The van der Waals surface area contributed by atoms with E-state index in [1.54, 1.807) is 27.7 Å². The average Bonchev–Trinajstić information content (AvgIpc) is 2.39. The van der Waals surface area contributed by atoms with Crippen LogP contribution in [-0.2, 0) is 53.0 Å². The number of allylic oxidation sites excluding steroid dienone is 4. The number of hydrogen-bond acceptors (Lipinski definition) is 8. The molecule has 0 atom stereocenters. The van der Waals surface area contributed by atoms with Gasteiger partial charge in [-0.25, -0.2) is 0 Å². The van der Waals surface area contributed by atoms with Crippen molar-refractivity contribution in [3.63, 3.8) is 0 Å². The molecule has 0 aromatic carbocycles. The summed E-state index contributed by atoms with van der Waals surface area (Å²) in [6.45, 7) is 13.1. The standard InChI is InChI=1S/2C5H8O2.4C2H6O.2Ti/c2*1-4(6)3-5(2)7;4*1-2-3;;/h2*3,6H,1-2H3;4*3H,2H2,1H3;;/p-2/b2*4-3-;;;;;;. The molecule has 0 aliphatic rings. The van der Waals surface area contributed by atoms with Crippen molar-refractivity contribution in [1.82, 2.24) is 0 Å². The molecule has 0 amide bonds. The molecule has 168 valence electrons. The zero-order valence-corrected chi connectivity index (χ0v) is 21.5. The van der Waals surface area contributed by atoms with Gasteiger partial charge in [0.15, 0.2) is 11.6 Å². The van der Waals surface area contributed by atoms with Gasteiger partial charge in [0.1, 0.15) is 0 Å². The van der Waals surface area contributed by atoms with Crippen LogP contribution in [0.5, 0.6) is 0 Å². The van der Waals surface area contributed by atoms with Gasteiger partial charge in [0.25, 0.3) is 0 Å². The Morgan fingerprint density at radius 3 is 0.714 bits per heavy atom.